The van der Waals surface area contributed by atoms with Crippen LogP contribution >= 0.6 is 0 Å². The van der Waals surface area contributed by atoms with Gasteiger partial charge in [-0.05, 0) is 123 Å². The molecule has 4 bridgehead atoms. The zero-order chi connectivity index (χ0) is 45.4. The predicted octanol–water partition coefficient (Wildman–Crippen LogP) is 5.42. The van der Waals surface area contributed by atoms with Crippen LogP contribution in [0.15, 0.2) is 60.7 Å². The summed E-state index contributed by atoms with van der Waals surface area (Å²) >= 11 is 0. The molecule has 2 saturated heterocycles. The van der Waals surface area contributed by atoms with Gasteiger partial charge in [-0.25, -0.2) is 13.1 Å². The topological polar surface area (TPSA) is 143 Å². The Morgan fingerprint density at radius 1 is 0.677 bits per heavy atom. The third-order valence-electron chi connectivity index (χ3n) is 18.0. The van der Waals surface area contributed by atoms with E-state index in [1.165, 1.54) is 38.5 Å². The smallest absolute Gasteiger partial charge is 0.461 e. The van der Waals surface area contributed by atoms with E-state index in [0.29, 0.717) is 48.3 Å². The minimum Gasteiger partial charge on any atom is -1.00 e. The SMILES string of the molecule is CC1(C)[C@@H]2C[C@H]3OB([C@@H](CC(=O)C(Cc4ccccc4)NS(C)(=O)=O)CC4CC4)O[C@@]3(C)[C@H]1C2.CC1(C)[C@@H]2C[C@H]3OB([C@@H](CC(=O)C(N)Cc4ccccc4)CC4CC4)O[C@@]3(C)[C@H]1C2.[Cl-]. The van der Waals surface area contributed by atoms with Gasteiger partial charge in [0.1, 0.15) is 5.78 Å². The lowest BCUT2D eigenvalue weighted by atomic mass is 9.43. The first-order valence-corrected chi connectivity index (χ1v) is 26.6. The standard InChI is InChI=1S/C26H38BNO5S.C25H36BNO3.ClH/c1-25(2)19-14-23(25)26(3)24(15-19)32-27(33-26)20(12-18-10-11-18)16-22(29)21(28-34(4,30)31)13-17-8-6-5-7-9-17;1-24(2)18-13-22(24)25(3)23(14-18)29-26(30-25)19(11-17-9-10-17)15-21(28)20(27)12-16-7-5-4-6-8-16;/h5-9,18-21,23-24,28H,10-16H2,1-4H3;4-8,17-20,22-23H,9-15,27H2,1-3H3;1H/p-1/t19-,20+,21?,23-,24+,26-;18-,19+,20?,22-,23+,25-;/m00./s1. The molecule has 356 valence electrons. The molecule has 0 amide bonds. The summed E-state index contributed by atoms with van der Waals surface area (Å²) in [6.45, 7) is 13.9. The Labute approximate surface area is 396 Å². The van der Waals surface area contributed by atoms with Crippen molar-refractivity contribution in [3.63, 3.8) is 0 Å². The third-order valence-corrected chi connectivity index (χ3v) is 18.8. The quantitative estimate of drug-likeness (QED) is 0.188. The van der Waals surface area contributed by atoms with Gasteiger partial charge in [-0.3, -0.25) is 9.59 Å². The van der Waals surface area contributed by atoms with Gasteiger partial charge in [-0.15, -0.1) is 0 Å². The molecule has 0 radical (unpaired) electrons. The van der Waals surface area contributed by atoms with E-state index in [-0.39, 0.29) is 78.0 Å². The second-order valence-electron chi connectivity index (χ2n) is 23.3. The van der Waals surface area contributed by atoms with Crippen LogP contribution < -0.4 is 22.9 Å². The molecule has 2 aromatic carbocycles. The average molecular weight is 932 g/mol. The molecule has 0 spiro atoms. The van der Waals surface area contributed by atoms with Crippen molar-refractivity contribution >= 4 is 35.8 Å². The van der Waals surface area contributed by atoms with Gasteiger partial charge in [0.05, 0.1) is 41.7 Å². The molecule has 12 atom stereocenters. The lowest BCUT2D eigenvalue weighted by Crippen LogP contribution is -3.00. The molecule has 0 aromatic heterocycles. The van der Waals surface area contributed by atoms with Crippen LogP contribution in [0.3, 0.4) is 0 Å². The summed E-state index contributed by atoms with van der Waals surface area (Å²) in [7, 11) is -4.19. The molecular weight excluding hydrogens is 858 g/mol. The molecule has 2 aromatic rings. The number of hydrogen-bond acceptors (Lipinski definition) is 9. The highest BCUT2D eigenvalue weighted by molar-refractivity contribution is 7.88. The van der Waals surface area contributed by atoms with Crippen LogP contribution in [0.25, 0.3) is 0 Å². The van der Waals surface area contributed by atoms with Crippen LogP contribution in [0.4, 0.5) is 0 Å². The number of benzene rings is 2. The summed E-state index contributed by atoms with van der Waals surface area (Å²) in [4.78, 5) is 26.6. The first kappa shape index (κ1) is 49.3. The number of nitrogens with one attached hydrogen (secondary N) is 1. The molecule has 12 rings (SSSR count). The fourth-order valence-corrected chi connectivity index (χ4v) is 14.2. The van der Waals surface area contributed by atoms with Gasteiger partial charge in [0.25, 0.3) is 0 Å². The van der Waals surface area contributed by atoms with Gasteiger partial charge < -0.3 is 36.8 Å². The fraction of sp³-hybridized carbons (Fsp3) is 0.725. The molecule has 10 nitrogen and oxygen atoms in total. The number of halogens is 1. The second kappa shape index (κ2) is 18.7. The first-order chi connectivity index (χ1) is 30.2. The lowest BCUT2D eigenvalue weighted by molar-refractivity contribution is -0.199. The van der Waals surface area contributed by atoms with Crippen molar-refractivity contribution < 1.29 is 49.0 Å². The van der Waals surface area contributed by atoms with Crippen LogP contribution in [-0.4, -0.2) is 76.0 Å². The number of rotatable bonds is 18. The number of Topliss-reactive ketones (excluding diaryl/α,β-unsaturated/α-hetero) is 2. The molecule has 8 saturated carbocycles. The Kier molecular flexibility index (Phi) is 14.2. The molecule has 3 N–H and O–H groups in total. The van der Waals surface area contributed by atoms with Crippen LogP contribution in [0, 0.1) is 46.3 Å². The maximum absolute atomic E-state index is 13.5. The van der Waals surface area contributed by atoms with Crippen molar-refractivity contribution in [2.45, 2.75) is 179 Å². The Bertz CT molecular complexity index is 2130. The van der Waals surface area contributed by atoms with Crippen molar-refractivity contribution in [1.82, 2.24) is 4.72 Å². The van der Waals surface area contributed by atoms with E-state index in [4.69, 9.17) is 24.4 Å². The number of ketones is 2. The summed E-state index contributed by atoms with van der Waals surface area (Å²) in [5.74, 6) is 3.90. The van der Waals surface area contributed by atoms with E-state index >= 15 is 0 Å². The largest absolute Gasteiger partial charge is 1.00 e. The van der Waals surface area contributed by atoms with Crippen molar-refractivity contribution in [2.75, 3.05) is 6.26 Å². The predicted molar refractivity (Wildman–Crippen MR) is 252 cm³/mol. The number of nitrogens with two attached hydrogens (primary N) is 1. The minimum atomic E-state index is -3.53. The van der Waals surface area contributed by atoms with E-state index < -0.39 is 29.2 Å². The normalized spacial score (nSPS) is 34.2. The number of hydrogen-bond donors (Lipinski definition) is 2. The highest BCUT2D eigenvalue weighted by Crippen LogP contribution is 2.67. The van der Waals surface area contributed by atoms with E-state index in [1.54, 1.807) is 0 Å². The van der Waals surface area contributed by atoms with Crippen molar-refractivity contribution in [1.29, 1.82) is 0 Å². The summed E-state index contributed by atoms with van der Waals surface area (Å²) in [6.07, 6.45) is 14.4. The van der Waals surface area contributed by atoms with Crippen LogP contribution in [0.1, 0.15) is 130 Å². The Morgan fingerprint density at radius 3 is 1.49 bits per heavy atom. The number of sulfonamides is 1. The summed E-state index contributed by atoms with van der Waals surface area (Å²) in [5, 5.41) is 0. The van der Waals surface area contributed by atoms with Gasteiger partial charge >= 0.3 is 14.2 Å². The Hall–Kier alpha value is -2.09. The highest BCUT2D eigenvalue weighted by Gasteiger charge is 2.70. The maximum atomic E-state index is 13.5. The van der Waals surface area contributed by atoms with Gasteiger partial charge in [0.15, 0.2) is 5.78 Å². The molecule has 65 heavy (non-hydrogen) atoms. The third kappa shape index (κ3) is 10.3. The lowest BCUT2D eigenvalue weighted by Gasteiger charge is -2.64. The molecule has 10 aliphatic rings. The van der Waals surface area contributed by atoms with Crippen molar-refractivity contribution in [3.8, 4) is 0 Å². The molecule has 2 unspecified atom stereocenters. The molecular formula is C51H74B2ClN2O8S-. The molecule has 8 aliphatic carbocycles. The zero-order valence-electron chi connectivity index (χ0n) is 39.9. The van der Waals surface area contributed by atoms with E-state index in [9.17, 15) is 18.0 Å². The van der Waals surface area contributed by atoms with E-state index in [2.05, 4.69) is 46.3 Å². The summed E-state index contributed by atoms with van der Waals surface area (Å²) in [6, 6.07) is 18.4. The average Bonchev–Trinajstić information content (AvgIpc) is 4.17. The highest BCUT2D eigenvalue weighted by atomic mass is 35.5. The number of carbonyl (C=O) groups excluding carboxylic acids is 2. The second-order valence-corrected chi connectivity index (χ2v) is 25.1. The molecule has 2 heterocycles. The number of carbonyl (C=O) groups is 2. The molecule has 2 aliphatic heterocycles. The van der Waals surface area contributed by atoms with Crippen LogP contribution in [0.2, 0.25) is 11.6 Å². The summed E-state index contributed by atoms with van der Waals surface area (Å²) < 4.78 is 53.2. The van der Waals surface area contributed by atoms with Gasteiger partial charge in [0.2, 0.25) is 10.0 Å². The van der Waals surface area contributed by atoms with Gasteiger partial charge in [0, 0.05) is 24.5 Å². The molecule has 10 fully saturated rings. The first-order valence-electron chi connectivity index (χ1n) is 24.8. The van der Waals surface area contributed by atoms with E-state index in [0.717, 1.165) is 54.9 Å². The minimum absolute atomic E-state index is 0. The monoisotopic (exact) mass is 932 g/mol. The Balaban J connectivity index is 0.000000176. The van der Waals surface area contributed by atoms with Gasteiger partial charge in [-0.1, -0.05) is 114 Å². The fourth-order valence-electron chi connectivity index (χ4n) is 13.5. The van der Waals surface area contributed by atoms with Crippen molar-refractivity contribution in [2.24, 2.45) is 52.1 Å². The van der Waals surface area contributed by atoms with Crippen molar-refractivity contribution in [3.05, 3.63) is 71.8 Å². The van der Waals surface area contributed by atoms with E-state index in [1.807, 2.05) is 60.7 Å². The molecule has 14 heteroatoms. The van der Waals surface area contributed by atoms with Crippen LogP contribution in [0.5, 0.6) is 0 Å². The van der Waals surface area contributed by atoms with Gasteiger partial charge in [-0.2, -0.15) is 0 Å². The zero-order valence-corrected chi connectivity index (χ0v) is 41.5. The maximum Gasteiger partial charge on any atom is 0.461 e. The van der Waals surface area contributed by atoms with Crippen LogP contribution in [-0.2, 0) is 51.1 Å². The Morgan fingerprint density at radius 2 is 1.09 bits per heavy atom. The summed E-state index contributed by atoms with van der Waals surface area (Å²) in [5.41, 5.74) is 8.46.